The average Bonchev–Trinajstić information content (AvgIpc) is 3.19. The van der Waals surface area contributed by atoms with Crippen molar-refractivity contribution in [3.8, 4) is 17.1 Å². The number of hydrogen-bond donors (Lipinski definition) is 1. The highest BCUT2D eigenvalue weighted by Gasteiger charge is 2.18. The quantitative estimate of drug-likeness (QED) is 0.263. The summed E-state index contributed by atoms with van der Waals surface area (Å²) in [6, 6.07) is 20.5. The van der Waals surface area contributed by atoms with Crippen LogP contribution in [0, 0.1) is 6.92 Å². The zero-order valence-electron chi connectivity index (χ0n) is 16.8. The molecule has 3 aromatic carbocycles. The van der Waals surface area contributed by atoms with Crippen LogP contribution in [0.4, 0.5) is 5.69 Å². The minimum absolute atomic E-state index is 0.133. The topological polar surface area (TPSA) is 59.8 Å². The molecule has 0 bridgehead atoms. The van der Waals surface area contributed by atoms with Gasteiger partial charge in [0.2, 0.25) is 5.91 Å². The van der Waals surface area contributed by atoms with E-state index >= 15 is 0 Å². The number of aromatic nitrogens is 3. The van der Waals surface area contributed by atoms with Crippen molar-refractivity contribution in [2.24, 2.45) is 0 Å². The summed E-state index contributed by atoms with van der Waals surface area (Å²) in [6.45, 7) is 1.97. The lowest BCUT2D eigenvalue weighted by Gasteiger charge is -2.11. The second kappa shape index (κ2) is 10.1. The summed E-state index contributed by atoms with van der Waals surface area (Å²) in [6.07, 6.45) is 0. The normalized spacial score (nSPS) is 10.9. The van der Waals surface area contributed by atoms with Crippen molar-refractivity contribution in [1.82, 2.24) is 14.8 Å². The Bertz CT molecular complexity index is 1280. The molecule has 1 amide bonds. The molecule has 0 fully saturated rings. The zero-order valence-corrected chi connectivity index (χ0v) is 20.8. The van der Waals surface area contributed by atoms with Gasteiger partial charge >= 0.3 is 0 Å². The van der Waals surface area contributed by atoms with E-state index in [4.69, 9.17) is 23.2 Å². The Morgan fingerprint density at radius 1 is 1.03 bits per heavy atom. The number of carbonyl (C=O) groups is 1. The van der Waals surface area contributed by atoms with Gasteiger partial charge in [-0.3, -0.25) is 9.36 Å². The number of nitrogens with one attached hydrogen (secondary N) is 1. The highest BCUT2D eigenvalue weighted by molar-refractivity contribution is 9.10. The maximum absolute atomic E-state index is 12.6. The molecule has 0 aliphatic carbocycles. The predicted molar refractivity (Wildman–Crippen MR) is 135 cm³/mol. The fourth-order valence-electron chi connectivity index (χ4n) is 3.05. The summed E-state index contributed by atoms with van der Waals surface area (Å²) in [5.74, 6) is 0.670. The third-order valence-corrected chi connectivity index (χ3v) is 6.88. The van der Waals surface area contributed by atoms with Gasteiger partial charge in [-0.05, 0) is 67.1 Å². The van der Waals surface area contributed by atoms with Crippen LogP contribution >= 0.6 is 50.9 Å². The van der Waals surface area contributed by atoms with Gasteiger partial charge in [-0.1, -0.05) is 63.0 Å². The fourth-order valence-corrected chi connectivity index (χ4v) is 4.37. The average molecular weight is 548 g/mol. The molecule has 5 nitrogen and oxygen atoms in total. The van der Waals surface area contributed by atoms with Crippen LogP contribution in [-0.2, 0) is 4.79 Å². The van der Waals surface area contributed by atoms with Crippen LogP contribution < -0.4 is 5.32 Å². The van der Waals surface area contributed by atoms with Crippen LogP contribution in [0.1, 0.15) is 5.56 Å². The third kappa shape index (κ3) is 5.35. The number of rotatable bonds is 6. The Hall–Kier alpha value is -2.32. The molecule has 0 aliphatic rings. The summed E-state index contributed by atoms with van der Waals surface area (Å²) in [4.78, 5) is 12.6. The highest BCUT2D eigenvalue weighted by Crippen LogP contribution is 2.30. The molecule has 0 unspecified atom stereocenters. The number of carbonyl (C=O) groups excluding carboxylic acids is 1. The molecule has 1 aromatic heterocycles. The molecule has 0 spiro atoms. The van der Waals surface area contributed by atoms with Crippen LogP contribution in [0.2, 0.25) is 10.0 Å². The second-order valence-corrected chi connectivity index (χ2v) is 9.60. The van der Waals surface area contributed by atoms with Crippen LogP contribution in [0.3, 0.4) is 0 Å². The summed E-state index contributed by atoms with van der Waals surface area (Å²) >= 11 is 17.0. The van der Waals surface area contributed by atoms with Crippen molar-refractivity contribution in [2.45, 2.75) is 12.1 Å². The van der Waals surface area contributed by atoms with Gasteiger partial charge in [0.05, 0.1) is 5.75 Å². The number of benzene rings is 3. The monoisotopic (exact) mass is 546 g/mol. The first-order valence-corrected chi connectivity index (χ1v) is 12.1. The molecule has 0 radical (unpaired) electrons. The van der Waals surface area contributed by atoms with Crippen molar-refractivity contribution >= 4 is 62.5 Å². The fraction of sp³-hybridized carbons (Fsp3) is 0.0870. The maximum Gasteiger partial charge on any atom is 0.234 e. The van der Waals surface area contributed by atoms with Crippen molar-refractivity contribution in [3.63, 3.8) is 0 Å². The van der Waals surface area contributed by atoms with E-state index in [2.05, 4.69) is 31.4 Å². The van der Waals surface area contributed by atoms with E-state index in [1.165, 1.54) is 11.8 Å². The van der Waals surface area contributed by atoms with Crippen molar-refractivity contribution in [2.75, 3.05) is 11.1 Å². The van der Waals surface area contributed by atoms with Crippen molar-refractivity contribution in [1.29, 1.82) is 0 Å². The molecule has 0 saturated heterocycles. The van der Waals surface area contributed by atoms with Gasteiger partial charge in [-0.2, -0.15) is 0 Å². The van der Waals surface area contributed by atoms with E-state index in [9.17, 15) is 4.79 Å². The summed E-state index contributed by atoms with van der Waals surface area (Å²) < 4.78 is 2.89. The molecule has 1 heterocycles. The number of nitrogens with zero attached hydrogens (tertiary/aromatic N) is 3. The smallest absolute Gasteiger partial charge is 0.234 e. The first-order chi connectivity index (χ1) is 15.4. The summed E-state index contributed by atoms with van der Waals surface area (Å²) in [5, 5.41) is 13.5. The van der Waals surface area contributed by atoms with E-state index < -0.39 is 0 Å². The van der Waals surface area contributed by atoms with Crippen LogP contribution in [0.25, 0.3) is 17.1 Å². The number of amides is 1. The lowest BCUT2D eigenvalue weighted by molar-refractivity contribution is -0.113. The highest BCUT2D eigenvalue weighted by atomic mass is 79.9. The molecule has 162 valence electrons. The molecule has 0 aliphatic heterocycles. The van der Waals surface area contributed by atoms with Crippen molar-refractivity contribution < 1.29 is 4.79 Å². The minimum atomic E-state index is -0.133. The summed E-state index contributed by atoms with van der Waals surface area (Å²) in [7, 11) is 0. The standard InChI is InChI=1S/C23H17BrCl2N4OS/c1-14-11-18(7-10-20(14)24)27-21(31)13-32-23-29-28-22(15-3-2-4-17(26)12-15)30(23)19-8-5-16(25)6-9-19/h2-12H,13H2,1H3,(H,27,31). The lowest BCUT2D eigenvalue weighted by atomic mass is 10.2. The molecule has 0 saturated carbocycles. The van der Waals surface area contributed by atoms with Crippen molar-refractivity contribution in [3.05, 3.63) is 86.8 Å². The zero-order chi connectivity index (χ0) is 22.7. The largest absolute Gasteiger partial charge is 0.325 e. The second-order valence-electron chi connectivity index (χ2n) is 6.93. The molecule has 0 atom stereocenters. The Balaban J connectivity index is 1.60. The van der Waals surface area contributed by atoms with E-state index in [0.717, 1.165) is 27.0 Å². The summed E-state index contributed by atoms with van der Waals surface area (Å²) in [5.41, 5.74) is 3.45. The first-order valence-electron chi connectivity index (χ1n) is 9.57. The van der Waals surface area contributed by atoms with Gasteiger partial charge in [-0.25, -0.2) is 0 Å². The van der Waals surface area contributed by atoms with Gasteiger partial charge in [0.25, 0.3) is 0 Å². The van der Waals surface area contributed by atoms with Crippen LogP contribution in [-0.4, -0.2) is 26.4 Å². The van der Waals surface area contributed by atoms with Gasteiger partial charge < -0.3 is 5.32 Å². The molecule has 9 heteroatoms. The van der Waals surface area contributed by atoms with Gasteiger partial charge in [0.1, 0.15) is 0 Å². The Morgan fingerprint density at radius 2 is 1.81 bits per heavy atom. The molecule has 4 rings (SSSR count). The van der Waals surface area contributed by atoms with E-state index in [1.54, 1.807) is 18.2 Å². The number of anilines is 1. The predicted octanol–water partition coefficient (Wildman–Crippen LogP) is 7.04. The van der Waals surface area contributed by atoms with Crippen LogP contribution in [0.15, 0.2) is 76.4 Å². The Morgan fingerprint density at radius 3 is 2.53 bits per heavy atom. The minimum Gasteiger partial charge on any atom is -0.325 e. The van der Waals surface area contributed by atoms with E-state index in [0.29, 0.717) is 21.0 Å². The third-order valence-electron chi connectivity index (χ3n) is 4.58. The maximum atomic E-state index is 12.6. The number of halogens is 3. The molecular weight excluding hydrogens is 531 g/mol. The first kappa shape index (κ1) is 22.9. The van der Waals surface area contributed by atoms with Gasteiger partial charge in [0.15, 0.2) is 11.0 Å². The molecule has 4 aromatic rings. The Labute approximate surface area is 208 Å². The van der Waals surface area contributed by atoms with E-state index in [1.807, 2.05) is 60.0 Å². The SMILES string of the molecule is Cc1cc(NC(=O)CSc2nnc(-c3cccc(Cl)c3)n2-c2ccc(Cl)cc2)ccc1Br. The van der Waals surface area contributed by atoms with Gasteiger partial charge in [-0.15, -0.1) is 10.2 Å². The van der Waals surface area contributed by atoms with Crippen LogP contribution in [0.5, 0.6) is 0 Å². The van der Waals surface area contributed by atoms with E-state index in [-0.39, 0.29) is 11.7 Å². The number of hydrogen-bond acceptors (Lipinski definition) is 4. The van der Waals surface area contributed by atoms with Gasteiger partial charge in [0, 0.05) is 31.5 Å². The Kier molecular flexibility index (Phi) is 7.20. The lowest BCUT2D eigenvalue weighted by Crippen LogP contribution is -2.14. The number of aryl methyl sites for hydroxylation is 1. The molecule has 32 heavy (non-hydrogen) atoms. The molecule has 1 N–H and O–H groups in total. The molecular formula is C23H17BrCl2N4OS. The number of thioether (sulfide) groups is 1.